The summed E-state index contributed by atoms with van der Waals surface area (Å²) in [5, 5.41) is 9.32. The molecule has 76 valence electrons. The van der Waals surface area contributed by atoms with Crippen LogP contribution in [0.15, 0.2) is 16.6 Å². The van der Waals surface area contributed by atoms with Gasteiger partial charge in [0.05, 0.1) is 6.10 Å². The highest BCUT2D eigenvalue weighted by Gasteiger charge is 2.19. The average molecular weight is 259 g/mol. The van der Waals surface area contributed by atoms with Crippen LogP contribution in [-0.4, -0.2) is 18.0 Å². The summed E-state index contributed by atoms with van der Waals surface area (Å²) in [5.74, 6) is 1.50. The van der Waals surface area contributed by atoms with Gasteiger partial charge in [-0.25, -0.2) is 0 Å². The third-order valence-electron chi connectivity index (χ3n) is 2.03. The number of rotatable bonds is 2. The summed E-state index contributed by atoms with van der Waals surface area (Å²) in [4.78, 5) is 0. The standard InChI is InChI=1S/C10H11BrO3/c1-6(12)2-7-3-8(11)4-9-10(7)14-5-13-9/h3-4,6,12H,2,5H2,1H3. The van der Waals surface area contributed by atoms with E-state index in [-0.39, 0.29) is 12.9 Å². The van der Waals surface area contributed by atoms with Gasteiger partial charge in [0, 0.05) is 16.5 Å². The van der Waals surface area contributed by atoms with Gasteiger partial charge in [-0.3, -0.25) is 0 Å². The van der Waals surface area contributed by atoms with E-state index in [1.807, 2.05) is 12.1 Å². The van der Waals surface area contributed by atoms with E-state index in [9.17, 15) is 5.11 Å². The Hall–Kier alpha value is -0.740. The number of aliphatic hydroxyl groups is 1. The first-order valence-corrected chi connectivity index (χ1v) is 5.22. The van der Waals surface area contributed by atoms with Gasteiger partial charge in [-0.05, 0) is 19.1 Å². The van der Waals surface area contributed by atoms with E-state index in [1.165, 1.54) is 0 Å². The van der Waals surface area contributed by atoms with Gasteiger partial charge in [-0.2, -0.15) is 0 Å². The Labute approximate surface area is 90.8 Å². The summed E-state index contributed by atoms with van der Waals surface area (Å²) in [5.41, 5.74) is 0.974. The maximum absolute atomic E-state index is 9.32. The van der Waals surface area contributed by atoms with Gasteiger partial charge < -0.3 is 14.6 Å². The van der Waals surface area contributed by atoms with Crippen LogP contribution in [0.2, 0.25) is 0 Å². The molecule has 1 aliphatic rings. The topological polar surface area (TPSA) is 38.7 Å². The molecule has 14 heavy (non-hydrogen) atoms. The lowest BCUT2D eigenvalue weighted by Crippen LogP contribution is -2.05. The predicted octanol–water partition coefficient (Wildman–Crippen LogP) is 2.10. The summed E-state index contributed by atoms with van der Waals surface area (Å²) >= 11 is 3.39. The van der Waals surface area contributed by atoms with E-state index >= 15 is 0 Å². The third-order valence-corrected chi connectivity index (χ3v) is 2.49. The molecule has 1 aromatic rings. The monoisotopic (exact) mass is 258 g/mol. The van der Waals surface area contributed by atoms with Crippen molar-refractivity contribution >= 4 is 15.9 Å². The summed E-state index contributed by atoms with van der Waals surface area (Å²) in [6.45, 7) is 2.02. The fourth-order valence-electron chi connectivity index (χ4n) is 1.52. The summed E-state index contributed by atoms with van der Waals surface area (Å²) in [6, 6.07) is 3.81. The lowest BCUT2D eigenvalue weighted by atomic mass is 10.1. The van der Waals surface area contributed by atoms with Gasteiger partial charge in [-0.1, -0.05) is 15.9 Å². The second-order valence-corrected chi connectivity index (χ2v) is 4.27. The Morgan fingerprint density at radius 3 is 3.00 bits per heavy atom. The van der Waals surface area contributed by atoms with Crippen molar-refractivity contribution in [3.8, 4) is 11.5 Å². The highest BCUT2D eigenvalue weighted by atomic mass is 79.9. The van der Waals surface area contributed by atoms with E-state index in [4.69, 9.17) is 9.47 Å². The molecule has 0 aliphatic carbocycles. The number of fused-ring (bicyclic) bond motifs is 1. The molecule has 1 atom stereocenters. The first kappa shape index (κ1) is 9.80. The molecule has 2 rings (SSSR count). The van der Waals surface area contributed by atoms with Gasteiger partial charge >= 0.3 is 0 Å². The molecule has 0 saturated carbocycles. The van der Waals surface area contributed by atoms with Gasteiger partial charge in [0.1, 0.15) is 0 Å². The zero-order valence-electron chi connectivity index (χ0n) is 7.79. The molecule has 0 saturated heterocycles. The molecule has 0 amide bonds. The minimum Gasteiger partial charge on any atom is -0.454 e. The van der Waals surface area contributed by atoms with Crippen LogP contribution in [0.25, 0.3) is 0 Å². The van der Waals surface area contributed by atoms with Gasteiger partial charge in [0.15, 0.2) is 11.5 Å². The van der Waals surface area contributed by atoms with Crippen LogP contribution < -0.4 is 9.47 Å². The van der Waals surface area contributed by atoms with Crippen molar-refractivity contribution in [1.29, 1.82) is 0 Å². The second kappa shape index (κ2) is 3.79. The van der Waals surface area contributed by atoms with Crippen molar-refractivity contribution in [2.45, 2.75) is 19.4 Å². The van der Waals surface area contributed by atoms with E-state index in [1.54, 1.807) is 6.92 Å². The van der Waals surface area contributed by atoms with E-state index in [2.05, 4.69) is 15.9 Å². The molecule has 1 N–H and O–H groups in total. The highest BCUT2D eigenvalue weighted by molar-refractivity contribution is 9.10. The van der Waals surface area contributed by atoms with Crippen molar-refractivity contribution in [3.05, 3.63) is 22.2 Å². The Balaban J connectivity index is 2.38. The number of benzene rings is 1. The maximum atomic E-state index is 9.32. The van der Waals surface area contributed by atoms with Crippen LogP contribution in [0.5, 0.6) is 11.5 Å². The molecule has 0 radical (unpaired) electrons. The van der Waals surface area contributed by atoms with E-state index in [0.29, 0.717) is 6.42 Å². The molecule has 3 nitrogen and oxygen atoms in total. The van der Waals surface area contributed by atoms with Crippen molar-refractivity contribution in [2.75, 3.05) is 6.79 Å². The molecule has 0 spiro atoms. The molecule has 4 heteroatoms. The Morgan fingerprint density at radius 2 is 2.29 bits per heavy atom. The van der Waals surface area contributed by atoms with Crippen LogP contribution in [0.3, 0.4) is 0 Å². The van der Waals surface area contributed by atoms with Crippen LogP contribution in [0, 0.1) is 0 Å². The Bertz CT molecular complexity index is 349. The van der Waals surface area contributed by atoms with E-state index < -0.39 is 0 Å². The van der Waals surface area contributed by atoms with Crippen LogP contribution in [0.1, 0.15) is 12.5 Å². The van der Waals surface area contributed by atoms with Gasteiger partial charge in [0.25, 0.3) is 0 Å². The van der Waals surface area contributed by atoms with E-state index in [0.717, 1.165) is 21.5 Å². The molecule has 0 aromatic heterocycles. The molecular weight excluding hydrogens is 248 g/mol. The maximum Gasteiger partial charge on any atom is 0.231 e. The first-order chi connectivity index (χ1) is 6.66. The summed E-state index contributed by atoms with van der Waals surface area (Å²) < 4.78 is 11.5. The number of hydrogen-bond acceptors (Lipinski definition) is 3. The average Bonchev–Trinajstić information content (AvgIpc) is 2.50. The SMILES string of the molecule is CC(O)Cc1cc(Br)cc2c1OCO2. The summed E-state index contributed by atoms with van der Waals surface area (Å²) in [7, 11) is 0. The molecule has 1 heterocycles. The zero-order valence-corrected chi connectivity index (χ0v) is 9.37. The van der Waals surface area contributed by atoms with Gasteiger partial charge in [-0.15, -0.1) is 0 Å². The summed E-state index contributed by atoms with van der Waals surface area (Å²) in [6.07, 6.45) is 0.197. The number of halogens is 1. The molecule has 1 aromatic carbocycles. The highest BCUT2D eigenvalue weighted by Crippen LogP contribution is 2.38. The lowest BCUT2D eigenvalue weighted by molar-refractivity contribution is 0.170. The predicted molar refractivity (Wildman–Crippen MR) is 55.6 cm³/mol. The van der Waals surface area contributed by atoms with Gasteiger partial charge in [0.2, 0.25) is 6.79 Å². The molecular formula is C10H11BrO3. The molecule has 0 bridgehead atoms. The lowest BCUT2D eigenvalue weighted by Gasteiger charge is -2.08. The molecule has 0 fully saturated rings. The van der Waals surface area contributed by atoms with Crippen LogP contribution in [0.4, 0.5) is 0 Å². The number of ether oxygens (including phenoxy) is 2. The molecule has 1 unspecified atom stereocenters. The normalized spacial score (nSPS) is 15.6. The third kappa shape index (κ3) is 1.86. The fourth-order valence-corrected chi connectivity index (χ4v) is 2.00. The van der Waals surface area contributed by atoms with Crippen molar-refractivity contribution in [3.63, 3.8) is 0 Å². The minimum absolute atomic E-state index is 0.262. The first-order valence-electron chi connectivity index (χ1n) is 4.43. The van der Waals surface area contributed by atoms with Crippen molar-refractivity contribution in [1.82, 2.24) is 0 Å². The number of aliphatic hydroxyl groups excluding tert-OH is 1. The van der Waals surface area contributed by atoms with Crippen molar-refractivity contribution in [2.24, 2.45) is 0 Å². The minimum atomic E-state index is -0.377. The largest absolute Gasteiger partial charge is 0.454 e. The Morgan fingerprint density at radius 1 is 1.50 bits per heavy atom. The number of hydrogen-bond donors (Lipinski definition) is 1. The molecule has 1 aliphatic heterocycles. The Kier molecular flexibility index (Phi) is 2.65. The smallest absolute Gasteiger partial charge is 0.231 e. The fraction of sp³-hybridized carbons (Fsp3) is 0.400. The van der Waals surface area contributed by atoms with Crippen LogP contribution in [-0.2, 0) is 6.42 Å². The second-order valence-electron chi connectivity index (χ2n) is 3.35. The van der Waals surface area contributed by atoms with Crippen molar-refractivity contribution < 1.29 is 14.6 Å². The van der Waals surface area contributed by atoms with Crippen LogP contribution >= 0.6 is 15.9 Å². The quantitative estimate of drug-likeness (QED) is 0.883. The zero-order chi connectivity index (χ0) is 10.1.